The minimum absolute atomic E-state index is 0.0666. The number of rotatable bonds is 9. The molecule has 12 nitrogen and oxygen atoms in total. The van der Waals surface area contributed by atoms with Gasteiger partial charge in [-0.15, -0.1) is 5.10 Å². The van der Waals surface area contributed by atoms with Gasteiger partial charge >= 0.3 is 0 Å². The highest BCUT2D eigenvalue weighted by atomic mass is 32.2. The minimum Gasteiger partial charge on any atom is -0.495 e. The first kappa shape index (κ1) is 36.6. The third kappa shape index (κ3) is 9.33. The van der Waals surface area contributed by atoms with Crippen molar-refractivity contribution < 1.29 is 35.3 Å². The molecule has 0 aliphatic carbocycles. The van der Waals surface area contributed by atoms with Crippen LogP contribution < -0.4 is 15.4 Å². The van der Waals surface area contributed by atoms with Crippen molar-refractivity contribution in [1.29, 1.82) is 0 Å². The fourth-order valence-electron chi connectivity index (χ4n) is 4.84. The van der Waals surface area contributed by atoms with E-state index in [1.807, 2.05) is 49.5 Å². The first-order valence-electron chi connectivity index (χ1n) is 15.3. The Bertz CT molecular complexity index is 2400. The van der Waals surface area contributed by atoms with Crippen LogP contribution in [-0.4, -0.2) is 55.3 Å². The van der Waals surface area contributed by atoms with E-state index in [9.17, 15) is 26.0 Å². The van der Waals surface area contributed by atoms with Gasteiger partial charge in [-0.1, -0.05) is 42.0 Å². The molecule has 3 N–H and O–H groups in total. The summed E-state index contributed by atoms with van der Waals surface area (Å²) < 4.78 is 73.4. The van der Waals surface area contributed by atoms with Gasteiger partial charge in [-0.2, -0.15) is 13.4 Å². The highest BCUT2D eigenvalue weighted by molar-refractivity contribution is 7.90. The second-order valence-corrected chi connectivity index (χ2v) is 15.0. The average Bonchev–Trinajstić information content (AvgIpc) is 3.50. The minimum atomic E-state index is -4.02. The van der Waals surface area contributed by atoms with Crippen LogP contribution in [-0.2, 0) is 24.7 Å². The summed E-state index contributed by atoms with van der Waals surface area (Å²) in [5, 5.41) is 10.5. The molecule has 2 heterocycles. The Morgan fingerprint density at radius 1 is 0.863 bits per heavy atom. The van der Waals surface area contributed by atoms with Crippen molar-refractivity contribution in [1.82, 2.24) is 14.6 Å². The highest BCUT2D eigenvalue weighted by Crippen LogP contribution is 2.30. The summed E-state index contributed by atoms with van der Waals surface area (Å²) in [5.74, 6) is -0.302. The van der Waals surface area contributed by atoms with E-state index in [-0.39, 0.29) is 21.5 Å². The zero-order chi connectivity index (χ0) is 36.9. The largest absolute Gasteiger partial charge is 0.495 e. The summed E-state index contributed by atoms with van der Waals surface area (Å²) >= 11 is 0. The molecule has 0 aliphatic heterocycles. The van der Waals surface area contributed by atoms with Crippen molar-refractivity contribution in [3.8, 4) is 16.9 Å². The topological polar surface area (TPSA) is 169 Å². The monoisotopic (exact) mass is 731 g/mol. The van der Waals surface area contributed by atoms with Gasteiger partial charge in [0.15, 0.2) is 15.5 Å². The zero-order valence-corrected chi connectivity index (χ0v) is 29.5. The van der Waals surface area contributed by atoms with Gasteiger partial charge in [0.05, 0.1) is 28.5 Å². The van der Waals surface area contributed by atoms with Crippen LogP contribution in [0, 0.1) is 12.7 Å². The molecule has 4 aromatic carbocycles. The number of aryl methyl sites for hydroxylation is 1. The number of hydrogen-bond donors (Lipinski definition) is 3. The second-order valence-electron chi connectivity index (χ2n) is 11.5. The molecule has 0 unspecified atom stereocenters. The SMILES string of the molecule is COc1cc(S(C)(=O)=O)ccc1Nc1nc2ccc(-c3ccc(NC(=O)[C@H](C)c4ccc(F)cc4)cc3)cn2n1.Cc1ccc(S(=O)(=O)O)cc1. The lowest BCUT2D eigenvalue weighted by Gasteiger charge is -2.13. The first-order chi connectivity index (χ1) is 24.1. The molecular weight excluding hydrogens is 698 g/mol. The van der Waals surface area contributed by atoms with Gasteiger partial charge < -0.3 is 15.4 Å². The van der Waals surface area contributed by atoms with E-state index in [1.54, 1.807) is 41.8 Å². The summed E-state index contributed by atoms with van der Waals surface area (Å²) in [7, 11) is -5.94. The van der Waals surface area contributed by atoms with Gasteiger partial charge in [0, 0.05) is 29.8 Å². The van der Waals surface area contributed by atoms with E-state index >= 15 is 0 Å². The molecule has 51 heavy (non-hydrogen) atoms. The van der Waals surface area contributed by atoms with Crippen LogP contribution in [0.4, 0.5) is 21.7 Å². The molecule has 0 bridgehead atoms. The molecule has 0 saturated heterocycles. The maximum Gasteiger partial charge on any atom is 0.294 e. The number of halogens is 1. The van der Waals surface area contributed by atoms with E-state index in [2.05, 4.69) is 20.7 Å². The molecule has 0 radical (unpaired) electrons. The molecule has 0 fully saturated rings. The number of carbonyl (C=O) groups excluding carboxylic acids is 1. The molecule has 1 atom stereocenters. The lowest BCUT2D eigenvalue weighted by Crippen LogP contribution is -2.18. The Kier molecular flexibility index (Phi) is 10.8. The van der Waals surface area contributed by atoms with Crippen LogP contribution in [0.2, 0.25) is 0 Å². The Morgan fingerprint density at radius 2 is 1.49 bits per heavy atom. The van der Waals surface area contributed by atoms with E-state index in [0.29, 0.717) is 28.7 Å². The number of benzene rings is 4. The number of methoxy groups -OCH3 is 1. The van der Waals surface area contributed by atoms with Gasteiger partial charge in [0.25, 0.3) is 10.1 Å². The highest BCUT2D eigenvalue weighted by Gasteiger charge is 2.16. The fraction of sp³-hybridized carbons (Fsp3) is 0.139. The summed E-state index contributed by atoms with van der Waals surface area (Å²) in [6.07, 6.45) is 2.97. The number of nitrogens with zero attached hydrogens (tertiary/aromatic N) is 3. The molecule has 1 amide bonds. The summed E-state index contributed by atoms with van der Waals surface area (Å²) in [6.45, 7) is 3.61. The summed E-state index contributed by atoms with van der Waals surface area (Å²) in [5.41, 5.74) is 5.26. The lowest BCUT2D eigenvalue weighted by atomic mass is 10.00. The summed E-state index contributed by atoms with van der Waals surface area (Å²) in [4.78, 5) is 17.2. The van der Waals surface area contributed by atoms with Crippen LogP contribution in [0.3, 0.4) is 0 Å². The molecular formula is C36H34FN5O7S2. The average molecular weight is 732 g/mol. The predicted octanol–water partition coefficient (Wildman–Crippen LogP) is 6.68. The standard InChI is InChI=1S/C29H26FN5O4S.C7H8O3S/c1-18(19-4-9-22(30)10-5-19)28(36)31-23-11-6-20(7-12-23)21-8-15-27-33-29(34-35(27)17-21)32-25-14-13-24(40(3,37)38)16-26(25)39-2;1-6-2-4-7(5-3-6)11(8,9)10/h4-18H,1-3H3,(H,31,36)(H,32,34);2-5H,1H3,(H,8,9,10)/t18-;/m1./s1. The van der Waals surface area contributed by atoms with Crippen molar-refractivity contribution in [3.63, 3.8) is 0 Å². The molecule has 0 saturated carbocycles. The fourth-order valence-corrected chi connectivity index (χ4v) is 5.96. The number of aromatic nitrogens is 3. The normalized spacial score (nSPS) is 12.0. The van der Waals surface area contributed by atoms with Gasteiger partial charge in [-0.25, -0.2) is 17.3 Å². The predicted molar refractivity (Wildman–Crippen MR) is 192 cm³/mol. The Labute approximate surface area is 294 Å². The van der Waals surface area contributed by atoms with E-state index < -0.39 is 25.9 Å². The van der Waals surface area contributed by atoms with Crippen molar-refractivity contribution in [2.75, 3.05) is 24.0 Å². The van der Waals surface area contributed by atoms with Gasteiger partial charge in [-0.05, 0) is 85.6 Å². The quantitative estimate of drug-likeness (QED) is 0.137. The maximum atomic E-state index is 13.2. The number of carbonyl (C=O) groups is 1. The number of pyridine rings is 1. The van der Waals surface area contributed by atoms with Gasteiger partial charge in [-0.3, -0.25) is 9.35 Å². The van der Waals surface area contributed by atoms with Crippen LogP contribution in [0.15, 0.2) is 119 Å². The number of amides is 1. The van der Waals surface area contributed by atoms with Crippen LogP contribution in [0.1, 0.15) is 24.0 Å². The summed E-state index contributed by atoms with van der Waals surface area (Å²) in [6, 6.07) is 27.6. The first-order valence-corrected chi connectivity index (χ1v) is 18.7. The Balaban J connectivity index is 0.000000392. The third-order valence-corrected chi connectivity index (χ3v) is 9.72. The number of anilines is 3. The molecule has 0 spiro atoms. The van der Waals surface area contributed by atoms with Crippen molar-refractivity contribution in [3.05, 3.63) is 126 Å². The van der Waals surface area contributed by atoms with Gasteiger partial charge in [0.2, 0.25) is 11.9 Å². The second kappa shape index (κ2) is 15.1. The van der Waals surface area contributed by atoms with E-state index in [4.69, 9.17) is 9.29 Å². The van der Waals surface area contributed by atoms with Crippen molar-refractivity contribution in [2.45, 2.75) is 29.6 Å². The molecule has 264 valence electrons. The number of hydrogen-bond acceptors (Lipinski definition) is 9. The molecule has 15 heteroatoms. The number of ether oxygens (including phenoxy) is 1. The Hall–Kier alpha value is -5.64. The van der Waals surface area contributed by atoms with E-state index in [1.165, 1.54) is 43.5 Å². The molecule has 0 aliphatic rings. The lowest BCUT2D eigenvalue weighted by molar-refractivity contribution is -0.117. The third-order valence-electron chi connectivity index (χ3n) is 7.75. The van der Waals surface area contributed by atoms with Crippen LogP contribution in [0.25, 0.3) is 16.8 Å². The number of nitrogens with one attached hydrogen (secondary N) is 2. The zero-order valence-electron chi connectivity index (χ0n) is 27.9. The number of fused-ring (bicyclic) bond motifs is 1. The van der Waals surface area contributed by atoms with Crippen molar-refractivity contribution in [2.24, 2.45) is 0 Å². The maximum absolute atomic E-state index is 13.2. The van der Waals surface area contributed by atoms with E-state index in [0.717, 1.165) is 28.5 Å². The number of sulfone groups is 1. The molecule has 6 rings (SSSR count). The van der Waals surface area contributed by atoms with Gasteiger partial charge in [0.1, 0.15) is 11.6 Å². The Morgan fingerprint density at radius 3 is 2.10 bits per heavy atom. The van der Waals surface area contributed by atoms with Crippen LogP contribution in [0.5, 0.6) is 5.75 Å². The molecule has 2 aromatic heterocycles. The van der Waals surface area contributed by atoms with Crippen LogP contribution >= 0.6 is 0 Å². The molecule has 6 aromatic rings. The van der Waals surface area contributed by atoms with Crippen molar-refractivity contribution >= 4 is 48.8 Å². The smallest absolute Gasteiger partial charge is 0.294 e.